The zero-order valence-electron chi connectivity index (χ0n) is 17.1. The van der Waals surface area contributed by atoms with Gasteiger partial charge in [-0.05, 0) is 35.7 Å². The van der Waals surface area contributed by atoms with Crippen LogP contribution in [-0.2, 0) is 30.3 Å². The topological polar surface area (TPSA) is 119 Å². The van der Waals surface area contributed by atoms with Crippen molar-refractivity contribution in [2.45, 2.75) is 32.1 Å². The van der Waals surface area contributed by atoms with Gasteiger partial charge in [0.25, 0.3) is 5.79 Å². The van der Waals surface area contributed by atoms with Gasteiger partial charge in [0.15, 0.2) is 5.78 Å². The van der Waals surface area contributed by atoms with Crippen molar-refractivity contribution in [2.75, 3.05) is 0 Å². The molecule has 1 fully saturated rings. The number of esters is 2. The number of amides is 1. The van der Waals surface area contributed by atoms with E-state index in [0.717, 1.165) is 0 Å². The molecule has 0 aliphatic carbocycles. The number of halogens is 2. The van der Waals surface area contributed by atoms with Gasteiger partial charge in [0, 0.05) is 24.4 Å². The molecular weight excluding hydrogens is 445 g/mol. The molecule has 32 heavy (non-hydrogen) atoms. The Bertz CT molecular complexity index is 1060. The monoisotopic (exact) mass is 463 g/mol. The maximum absolute atomic E-state index is 14.1. The fourth-order valence-electron chi connectivity index (χ4n) is 3.30. The number of nitrogens with one attached hydrogen (secondary N) is 1. The van der Waals surface area contributed by atoms with E-state index in [1.54, 1.807) is 24.3 Å². The van der Waals surface area contributed by atoms with Crippen molar-refractivity contribution in [3.8, 4) is 11.1 Å². The van der Waals surface area contributed by atoms with E-state index in [0.29, 0.717) is 16.1 Å². The molecule has 1 heterocycles. The van der Waals surface area contributed by atoms with Gasteiger partial charge >= 0.3 is 18.0 Å². The van der Waals surface area contributed by atoms with Crippen molar-refractivity contribution in [2.24, 2.45) is 5.92 Å². The molecule has 1 amide bonds. The van der Waals surface area contributed by atoms with E-state index in [1.807, 2.05) is 5.32 Å². The first-order valence-corrected chi connectivity index (χ1v) is 9.88. The highest BCUT2D eigenvalue weighted by atomic mass is 35.5. The Hall–Kier alpha value is -3.46. The molecule has 1 saturated heterocycles. The summed E-state index contributed by atoms with van der Waals surface area (Å²) >= 11 is 5.92. The van der Waals surface area contributed by atoms with Crippen LogP contribution in [0, 0.1) is 11.7 Å². The average molecular weight is 464 g/mol. The Morgan fingerprint density at radius 1 is 1.12 bits per heavy atom. The molecule has 1 aliphatic rings. The summed E-state index contributed by atoms with van der Waals surface area (Å²) < 4.78 is 24.0. The van der Waals surface area contributed by atoms with E-state index in [4.69, 9.17) is 26.2 Å². The highest BCUT2D eigenvalue weighted by Gasteiger charge is 2.49. The van der Waals surface area contributed by atoms with Crippen molar-refractivity contribution in [3.63, 3.8) is 0 Å². The van der Waals surface area contributed by atoms with E-state index in [9.17, 15) is 23.6 Å². The lowest BCUT2D eigenvalue weighted by molar-refractivity contribution is -0.238. The minimum atomic E-state index is -1.90. The Morgan fingerprint density at radius 3 is 2.28 bits per heavy atom. The predicted octanol–water partition coefficient (Wildman–Crippen LogP) is 3.35. The maximum atomic E-state index is 14.1. The third-order valence-electron chi connectivity index (χ3n) is 4.72. The second-order valence-corrected chi connectivity index (χ2v) is 8.04. The van der Waals surface area contributed by atoms with E-state index in [2.05, 4.69) is 0 Å². The van der Waals surface area contributed by atoms with Gasteiger partial charge in [0.05, 0.1) is 6.04 Å². The largest absolute Gasteiger partial charge is 0.465 e. The summed E-state index contributed by atoms with van der Waals surface area (Å²) in [6.45, 7) is 2.67. The van der Waals surface area contributed by atoms with Crippen molar-refractivity contribution in [3.05, 3.63) is 58.9 Å². The van der Waals surface area contributed by atoms with Crippen LogP contribution in [0.2, 0.25) is 5.02 Å². The van der Waals surface area contributed by atoms with E-state index in [-0.39, 0.29) is 12.0 Å². The normalized spacial score (nSPS) is 16.6. The predicted molar refractivity (Wildman–Crippen MR) is 110 cm³/mol. The van der Waals surface area contributed by atoms with Crippen LogP contribution >= 0.6 is 11.6 Å². The zero-order chi connectivity index (χ0) is 23.6. The van der Waals surface area contributed by atoms with E-state index in [1.165, 1.54) is 32.0 Å². The average Bonchev–Trinajstić information content (AvgIpc) is 2.68. The molecule has 0 saturated carbocycles. The van der Waals surface area contributed by atoms with E-state index < -0.39 is 47.4 Å². The van der Waals surface area contributed by atoms with Crippen molar-refractivity contribution in [1.29, 1.82) is 0 Å². The van der Waals surface area contributed by atoms with Gasteiger partial charge in [-0.3, -0.25) is 14.4 Å². The first-order valence-electron chi connectivity index (χ1n) is 9.50. The highest BCUT2D eigenvalue weighted by molar-refractivity contribution is 6.30. The van der Waals surface area contributed by atoms with Crippen LogP contribution in [0.3, 0.4) is 0 Å². The standard InChI is InChI=1S/C22H19ClFNO7/c1-22(2)31-19(27)17(20(28)32-22)18(26)16(25-21(29)30)9-11-3-5-12(6-4-11)14-10-13(23)7-8-15(14)24/h3-8,10,16-17,25H,9H2,1-2H3,(H,29,30). The number of hydrogen-bond acceptors (Lipinski definition) is 6. The first kappa shape index (κ1) is 23.2. The molecule has 1 atom stereocenters. The van der Waals surface area contributed by atoms with Crippen LogP contribution in [0.5, 0.6) is 0 Å². The van der Waals surface area contributed by atoms with Crippen LogP contribution in [0.1, 0.15) is 19.4 Å². The van der Waals surface area contributed by atoms with Crippen molar-refractivity contribution < 1.29 is 38.1 Å². The SMILES string of the molecule is CC1(C)OC(=O)C(C(=O)C(Cc2ccc(-c3cc(Cl)ccc3F)cc2)NC(=O)O)C(=O)O1. The molecule has 0 bridgehead atoms. The molecular formula is C22H19ClFNO7. The minimum absolute atomic E-state index is 0.163. The Labute approximate surface area is 187 Å². The quantitative estimate of drug-likeness (QED) is 0.498. The van der Waals surface area contributed by atoms with Gasteiger partial charge in [-0.1, -0.05) is 35.9 Å². The summed E-state index contributed by atoms with van der Waals surface area (Å²) in [6.07, 6.45) is -1.68. The number of carboxylic acid groups (broad SMARTS) is 1. The summed E-state index contributed by atoms with van der Waals surface area (Å²) in [5.74, 6) is -7.12. The zero-order valence-corrected chi connectivity index (χ0v) is 17.8. The van der Waals surface area contributed by atoms with Gasteiger partial charge in [-0.15, -0.1) is 0 Å². The summed E-state index contributed by atoms with van der Waals surface area (Å²) in [4.78, 5) is 48.5. The lowest BCUT2D eigenvalue weighted by Gasteiger charge is -2.33. The molecule has 2 aromatic carbocycles. The Morgan fingerprint density at radius 2 is 1.72 bits per heavy atom. The smallest absolute Gasteiger partial charge is 0.405 e. The molecule has 0 radical (unpaired) electrons. The first-order chi connectivity index (χ1) is 15.0. The molecule has 168 valence electrons. The number of ketones is 1. The summed E-state index contributed by atoms with van der Waals surface area (Å²) in [7, 11) is 0. The fraction of sp³-hybridized carbons (Fsp3) is 0.273. The van der Waals surface area contributed by atoms with Crippen LogP contribution in [0.15, 0.2) is 42.5 Å². The molecule has 1 aliphatic heterocycles. The minimum Gasteiger partial charge on any atom is -0.465 e. The summed E-state index contributed by atoms with van der Waals surface area (Å²) in [6, 6.07) is 9.00. The van der Waals surface area contributed by atoms with Gasteiger partial charge < -0.3 is 19.9 Å². The molecule has 8 nitrogen and oxygen atoms in total. The van der Waals surface area contributed by atoms with Crippen LogP contribution in [0.25, 0.3) is 11.1 Å². The number of carbonyl (C=O) groups is 4. The number of ether oxygens (including phenoxy) is 2. The summed E-state index contributed by atoms with van der Waals surface area (Å²) in [5.41, 5.74) is 1.29. The van der Waals surface area contributed by atoms with Crippen LogP contribution in [-0.4, -0.2) is 40.8 Å². The number of cyclic esters (lactones) is 2. The van der Waals surface area contributed by atoms with Gasteiger partial charge in [-0.2, -0.15) is 0 Å². The summed E-state index contributed by atoms with van der Waals surface area (Å²) in [5, 5.41) is 11.5. The van der Waals surface area contributed by atoms with Gasteiger partial charge in [-0.25, -0.2) is 9.18 Å². The number of carbonyl (C=O) groups excluding carboxylic acids is 3. The molecule has 0 spiro atoms. The van der Waals surface area contributed by atoms with E-state index >= 15 is 0 Å². The molecule has 0 aromatic heterocycles. The van der Waals surface area contributed by atoms with Crippen LogP contribution < -0.4 is 5.32 Å². The van der Waals surface area contributed by atoms with Gasteiger partial charge in [0.2, 0.25) is 5.92 Å². The third-order valence-corrected chi connectivity index (χ3v) is 4.96. The fourth-order valence-corrected chi connectivity index (χ4v) is 3.47. The number of rotatable bonds is 6. The Balaban J connectivity index is 1.82. The lowest BCUT2D eigenvalue weighted by Crippen LogP contribution is -2.54. The maximum Gasteiger partial charge on any atom is 0.405 e. The van der Waals surface area contributed by atoms with Gasteiger partial charge in [0.1, 0.15) is 5.82 Å². The third kappa shape index (κ3) is 5.23. The second-order valence-electron chi connectivity index (χ2n) is 7.60. The molecule has 3 rings (SSSR count). The van der Waals surface area contributed by atoms with Crippen molar-refractivity contribution in [1.82, 2.24) is 5.32 Å². The van der Waals surface area contributed by atoms with Crippen LogP contribution in [0.4, 0.5) is 9.18 Å². The number of benzene rings is 2. The number of Topliss-reactive ketones (excluding diaryl/α,β-unsaturated/α-hetero) is 1. The molecule has 2 aromatic rings. The number of hydrogen-bond donors (Lipinski definition) is 2. The molecule has 10 heteroatoms. The lowest BCUT2D eigenvalue weighted by atomic mass is 9.92. The molecule has 1 unspecified atom stereocenters. The van der Waals surface area contributed by atoms with Crippen molar-refractivity contribution >= 4 is 35.4 Å². The highest BCUT2D eigenvalue weighted by Crippen LogP contribution is 2.28. The second kappa shape index (κ2) is 8.96. The molecule has 2 N–H and O–H groups in total. The Kier molecular flexibility index (Phi) is 6.50.